The molecule has 9 heteroatoms. The van der Waals surface area contributed by atoms with Crippen LogP contribution in [0.25, 0.3) is 0 Å². The Morgan fingerprint density at radius 3 is 2.66 bits per heavy atom. The van der Waals surface area contributed by atoms with Crippen LogP contribution in [-0.2, 0) is 4.79 Å². The van der Waals surface area contributed by atoms with Crippen LogP contribution in [0.15, 0.2) is 48.5 Å². The summed E-state index contributed by atoms with van der Waals surface area (Å²) in [5.41, 5.74) is -0.937. The number of halogens is 1. The van der Waals surface area contributed by atoms with Gasteiger partial charge in [-0.25, -0.2) is 14.0 Å². The summed E-state index contributed by atoms with van der Waals surface area (Å²) in [5, 5.41) is 5.30. The van der Waals surface area contributed by atoms with Gasteiger partial charge in [-0.3, -0.25) is 9.69 Å². The number of hydrogen-bond acceptors (Lipinski definition) is 4. The minimum atomic E-state index is -1.10. The maximum Gasteiger partial charge on any atom is 0.324 e. The van der Waals surface area contributed by atoms with E-state index < -0.39 is 23.4 Å². The van der Waals surface area contributed by atoms with Crippen LogP contribution in [0.4, 0.5) is 19.7 Å². The average molecular weight is 398 g/mol. The maximum absolute atomic E-state index is 13.8. The molecule has 2 saturated heterocycles. The Hall–Kier alpha value is -3.62. The molecular weight excluding hydrogens is 379 g/mol. The molecule has 0 aromatic heterocycles. The maximum atomic E-state index is 13.8. The third kappa shape index (κ3) is 3.46. The zero-order valence-electron chi connectivity index (χ0n) is 15.6. The topological polar surface area (TPSA) is 91.0 Å². The highest BCUT2D eigenvalue weighted by atomic mass is 19.1. The zero-order chi connectivity index (χ0) is 20.6. The third-order valence-electron chi connectivity index (χ3n) is 5.08. The second kappa shape index (κ2) is 7.08. The van der Waals surface area contributed by atoms with E-state index in [4.69, 9.17) is 4.74 Å². The molecule has 1 spiro atoms. The molecule has 5 amide bonds. The summed E-state index contributed by atoms with van der Waals surface area (Å²) in [6.07, 6.45) is 0.311. The van der Waals surface area contributed by atoms with Crippen molar-refractivity contribution in [1.29, 1.82) is 0 Å². The molecule has 29 heavy (non-hydrogen) atoms. The van der Waals surface area contributed by atoms with Gasteiger partial charge >= 0.3 is 12.1 Å². The number of anilines is 1. The Bertz CT molecular complexity index is 984. The Morgan fingerprint density at radius 1 is 1.21 bits per heavy atom. The molecule has 2 aromatic carbocycles. The van der Waals surface area contributed by atoms with E-state index in [1.807, 2.05) is 6.07 Å². The molecule has 2 N–H and O–H groups in total. The Kier molecular flexibility index (Phi) is 4.57. The molecule has 0 bridgehead atoms. The summed E-state index contributed by atoms with van der Waals surface area (Å²) < 4.78 is 19.5. The molecule has 0 saturated carbocycles. The number of likely N-dealkylation sites (tertiary alicyclic amines) is 1. The summed E-state index contributed by atoms with van der Waals surface area (Å²) in [6.45, 7) is 0.313. The van der Waals surface area contributed by atoms with E-state index in [9.17, 15) is 18.8 Å². The molecule has 0 radical (unpaired) electrons. The molecular formula is C20H19FN4O4. The van der Waals surface area contributed by atoms with Gasteiger partial charge in [-0.15, -0.1) is 0 Å². The predicted molar refractivity (Wildman–Crippen MR) is 102 cm³/mol. The van der Waals surface area contributed by atoms with Crippen LogP contribution in [0.3, 0.4) is 0 Å². The smallest absolute Gasteiger partial charge is 0.324 e. The van der Waals surface area contributed by atoms with Gasteiger partial charge in [0.1, 0.15) is 17.1 Å². The van der Waals surface area contributed by atoms with Crippen molar-refractivity contribution in [3.8, 4) is 11.5 Å². The minimum absolute atomic E-state index is 0.0396. The molecule has 1 unspecified atom stereocenters. The third-order valence-corrected chi connectivity index (χ3v) is 5.08. The normalized spacial score (nSPS) is 20.9. The van der Waals surface area contributed by atoms with Crippen molar-refractivity contribution >= 4 is 23.7 Å². The lowest BCUT2D eigenvalue weighted by Gasteiger charge is -2.22. The molecule has 1 atom stereocenters. The first kappa shape index (κ1) is 18.7. The molecule has 2 aromatic rings. The Morgan fingerprint density at radius 2 is 1.97 bits per heavy atom. The summed E-state index contributed by atoms with van der Waals surface area (Å²) in [4.78, 5) is 39.3. The number of carbonyl (C=O) groups excluding carboxylic acids is 3. The van der Waals surface area contributed by atoms with Crippen LogP contribution < -0.4 is 15.4 Å². The molecule has 2 heterocycles. The average Bonchev–Trinajstić information content (AvgIpc) is 3.22. The number of rotatable bonds is 3. The standard InChI is InChI=1S/C20H19FN4O4/c1-24-17(26)20(23-19(24)28)9-10-25(12-20)18(27)22-15-11-13(21)7-8-16(15)29-14-5-3-2-4-6-14/h2-8,11H,9-10,12H2,1H3,(H,22,27)(H,23,28). The van der Waals surface area contributed by atoms with Gasteiger partial charge in [0.2, 0.25) is 0 Å². The van der Waals surface area contributed by atoms with Crippen LogP contribution in [0.2, 0.25) is 0 Å². The fraction of sp³-hybridized carbons (Fsp3) is 0.250. The summed E-state index contributed by atoms with van der Waals surface area (Å²) in [5.74, 6) is -0.0722. The molecule has 150 valence electrons. The van der Waals surface area contributed by atoms with Crippen molar-refractivity contribution in [2.45, 2.75) is 12.0 Å². The number of nitrogens with one attached hydrogen (secondary N) is 2. The number of para-hydroxylation sites is 1. The van der Waals surface area contributed by atoms with Crippen LogP contribution in [0, 0.1) is 5.82 Å². The van der Waals surface area contributed by atoms with Crippen LogP contribution in [-0.4, -0.2) is 53.4 Å². The van der Waals surface area contributed by atoms with E-state index in [2.05, 4.69) is 10.6 Å². The van der Waals surface area contributed by atoms with Crippen molar-refractivity contribution in [3.63, 3.8) is 0 Å². The fourth-order valence-corrected chi connectivity index (χ4v) is 3.51. The number of likely N-dealkylation sites (N-methyl/N-ethyl adjacent to an activating group) is 1. The second-order valence-electron chi connectivity index (χ2n) is 7.03. The number of urea groups is 2. The summed E-state index contributed by atoms with van der Waals surface area (Å²) in [7, 11) is 1.40. The number of amides is 5. The number of hydrogen-bond donors (Lipinski definition) is 2. The van der Waals surface area contributed by atoms with Gasteiger partial charge in [0.25, 0.3) is 5.91 Å². The molecule has 2 aliphatic heterocycles. The first-order valence-electron chi connectivity index (χ1n) is 9.07. The van der Waals surface area contributed by atoms with Crippen molar-refractivity contribution in [3.05, 3.63) is 54.3 Å². The summed E-state index contributed by atoms with van der Waals surface area (Å²) >= 11 is 0. The van der Waals surface area contributed by atoms with Gasteiger partial charge in [-0.2, -0.15) is 0 Å². The monoisotopic (exact) mass is 398 g/mol. The lowest BCUT2D eigenvalue weighted by atomic mass is 9.99. The van der Waals surface area contributed by atoms with E-state index in [-0.39, 0.29) is 30.4 Å². The number of carbonyl (C=O) groups is 3. The van der Waals surface area contributed by atoms with Crippen molar-refractivity contribution in [2.75, 3.05) is 25.5 Å². The Labute approximate surface area is 166 Å². The van der Waals surface area contributed by atoms with Crippen molar-refractivity contribution < 1.29 is 23.5 Å². The predicted octanol–water partition coefficient (Wildman–Crippen LogP) is 2.78. The van der Waals surface area contributed by atoms with E-state index in [0.717, 1.165) is 11.0 Å². The lowest BCUT2D eigenvalue weighted by molar-refractivity contribution is -0.129. The van der Waals surface area contributed by atoms with Crippen LogP contribution in [0.1, 0.15) is 6.42 Å². The summed E-state index contributed by atoms with van der Waals surface area (Å²) in [6, 6.07) is 11.7. The molecule has 8 nitrogen and oxygen atoms in total. The zero-order valence-corrected chi connectivity index (χ0v) is 15.6. The quantitative estimate of drug-likeness (QED) is 0.778. The van der Waals surface area contributed by atoms with Gasteiger partial charge in [-0.05, 0) is 30.7 Å². The fourth-order valence-electron chi connectivity index (χ4n) is 3.51. The van der Waals surface area contributed by atoms with Crippen LogP contribution >= 0.6 is 0 Å². The SMILES string of the molecule is CN1C(=O)NC2(CCN(C(=O)Nc3cc(F)ccc3Oc3ccccc3)C2)C1=O. The minimum Gasteiger partial charge on any atom is -0.455 e. The first-order chi connectivity index (χ1) is 13.9. The number of nitrogens with zero attached hydrogens (tertiary/aromatic N) is 2. The number of benzene rings is 2. The molecule has 4 rings (SSSR count). The van der Waals surface area contributed by atoms with Gasteiger partial charge in [0.15, 0.2) is 5.75 Å². The van der Waals surface area contributed by atoms with Crippen LogP contribution in [0.5, 0.6) is 11.5 Å². The van der Waals surface area contributed by atoms with Gasteiger partial charge in [0.05, 0.1) is 12.2 Å². The van der Waals surface area contributed by atoms with E-state index >= 15 is 0 Å². The van der Waals surface area contributed by atoms with Gasteiger partial charge in [0, 0.05) is 19.7 Å². The van der Waals surface area contributed by atoms with E-state index in [1.54, 1.807) is 24.3 Å². The Balaban J connectivity index is 1.50. The largest absolute Gasteiger partial charge is 0.455 e. The number of ether oxygens (including phenoxy) is 1. The number of imide groups is 1. The highest BCUT2D eigenvalue weighted by Crippen LogP contribution is 2.32. The highest BCUT2D eigenvalue weighted by molar-refractivity contribution is 6.07. The molecule has 0 aliphatic carbocycles. The second-order valence-corrected chi connectivity index (χ2v) is 7.03. The first-order valence-corrected chi connectivity index (χ1v) is 9.07. The van der Waals surface area contributed by atoms with E-state index in [1.165, 1.54) is 24.1 Å². The highest BCUT2D eigenvalue weighted by Gasteiger charge is 2.54. The van der Waals surface area contributed by atoms with Crippen molar-refractivity contribution in [1.82, 2.24) is 15.1 Å². The molecule has 2 fully saturated rings. The molecule has 2 aliphatic rings. The van der Waals surface area contributed by atoms with E-state index in [0.29, 0.717) is 12.2 Å². The van der Waals surface area contributed by atoms with Crippen molar-refractivity contribution in [2.24, 2.45) is 0 Å². The van der Waals surface area contributed by atoms with Gasteiger partial charge < -0.3 is 20.3 Å². The lowest BCUT2D eigenvalue weighted by Crippen LogP contribution is -2.50. The van der Waals surface area contributed by atoms with Gasteiger partial charge in [-0.1, -0.05) is 18.2 Å².